The van der Waals surface area contributed by atoms with Gasteiger partial charge in [0.1, 0.15) is 0 Å². The van der Waals surface area contributed by atoms with Gasteiger partial charge in [0.2, 0.25) is 9.84 Å². The van der Waals surface area contributed by atoms with Crippen LogP contribution in [-0.4, -0.2) is 13.4 Å². The summed E-state index contributed by atoms with van der Waals surface area (Å²) in [6.45, 7) is 12.5. The van der Waals surface area contributed by atoms with Gasteiger partial charge in [0.25, 0.3) is 0 Å². The molecule has 0 aliphatic rings. The number of benzene rings is 1. The summed E-state index contributed by atoms with van der Waals surface area (Å²) in [6.07, 6.45) is 1.48. The van der Waals surface area contributed by atoms with Crippen molar-refractivity contribution in [2.24, 2.45) is 0 Å². The lowest BCUT2D eigenvalue weighted by atomic mass is 9.78. The summed E-state index contributed by atoms with van der Waals surface area (Å²) in [4.78, 5) is 5.05. The van der Waals surface area contributed by atoms with Gasteiger partial charge in [-0.2, -0.15) is 0 Å². The summed E-state index contributed by atoms with van der Waals surface area (Å²) >= 11 is 3.33. The maximum absolute atomic E-state index is 12.9. The molecule has 1 heterocycles. The Labute approximate surface area is 153 Å². The number of hydrogen-bond donors (Lipinski definition) is 0. The van der Waals surface area contributed by atoms with Crippen molar-refractivity contribution in [2.45, 2.75) is 62.2 Å². The first-order valence-electron chi connectivity index (χ1n) is 7.85. The Hall–Kier alpha value is -1.20. The molecule has 130 valence electrons. The molecule has 0 aliphatic carbocycles. The van der Waals surface area contributed by atoms with Crippen molar-refractivity contribution in [1.29, 1.82) is 0 Å². The minimum absolute atomic E-state index is 0.150. The average molecular weight is 410 g/mol. The zero-order valence-electron chi connectivity index (χ0n) is 15.0. The molecule has 2 aromatic rings. The Kier molecular flexibility index (Phi) is 4.99. The third kappa shape index (κ3) is 3.89. The van der Waals surface area contributed by atoms with E-state index in [1.807, 2.05) is 0 Å². The van der Waals surface area contributed by atoms with Crippen LogP contribution in [0.1, 0.15) is 52.8 Å². The first kappa shape index (κ1) is 19.1. The molecule has 0 amide bonds. The van der Waals surface area contributed by atoms with Crippen LogP contribution < -0.4 is 0 Å². The summed E-state index contributed by atoms with van der Waals surface area (Å²) in [7, 11) is -3.58. The number of halogens is 1. The van der Waals surface area contributed by atoms with Crippen LogP contribution in [0.25, 0.3) is 0 Å². The van der Waals surface area contributed by atoms with Crippen LogP contribution in [0.3, 0.4) is 0 Å². The summed E-state index contributed by atoms with van der Waals surface area (Å²) in [6, 6.07) is 8.45. The van der Waals surface area contributed by atoms with Gasteiger partial charge < -0.3 is 0 Å². The number of nitrogens with zero attached hydrogens (tertiary/aromatic N) is 1. The third-order valence-corrected chi connectivity index (χ3v) is 6.08. The molecule has 0 aliphatic heterocycles. The predicted octanol–water partition coefficient (Wildman–Crippen LogP) is 5.27. The highest BCUT2D eigenvalue weighted by Gasteiger charge is 2.29. The van der Waals surface area contributed by atoms with Gasteiger partial charge in [-0.1, -0.05) is 57.5 Å². The first-order valence-corrected chi connectivity index (χ1v) is 10.1. The first-order chi connectivity index (χ1) is 10.8. The highest BCUT2D eigenvalue weighted by atomic mass is 79.9. The van der Waals surface area contributed by atoms with E-state index in [1.165, 1.54) is 6.20 Å². The molecule has 5 heteroatoms. The van der Waals surface area contributed by atoms with Crippen molar-refractivity contribution in [2.75, 3.05) is 0 Å². The Morgan fingerprint density at radius 2 is 1.42 bits per heavy atom. The Bertz CT molecular complexity index is 842. The average Bonchev–Trinajstić information content (AvgIpc) is 2.45. The number of hydrogen-bond acceptors (Lipinski definition) is 3. The minimum atomic E-state index is -3.58. The van der Waals surface area contributed by atoms with Crippen LogP contribution in [-0.2, 0) is 20.7 Å². The zero-order chi connectivity index (χ0) is 18.3. The molecule has 1 aromatic heterocycles. The van der Waals surface area contributed by atoms with E-state index in [-0.39, 0.29) is 20.6 Å². The fraction of sp³-hybridized carbons (Fsp3) is 0.421. The second kappa shape index (κ2) is 6.26. The standard InChI is InChI=1S/C19H24BrNO2S/c1-18(2,3)16-11-15(12-21-17(16)19(4,5)6)24(22,23)14-9-7-13(20)8-10-14/h7-12H,1-6H3. The Morgan fingerprint density at radius 1 is 0.875 bits per heavy atom. The monoisotopic (exact) mass is 409 g/mol. The second-order valence-corrected chi connectivity index (χ2v) is 10.9. The molecule has 24 heavy (non-hydrogen) atoms. The van der Waals surface area contributed by atoms with Crippen molar-refractivity contribution >= 4 is 25.8 Å². The number of rotatable bonds is 2. The van der Waals surface area contributed by atoms with Crippen LogP contribution in [0.4, 0.5) is 0 Å². The summed E-state index contributed by atoms with van der Waals surface area (Å²) in [5.74, 6) is 0. The van der Waals surface area contributed by atoms with Crippen molar-refractivity contribution in [1.82, 2.24) is 4.98 Å². The summed E-state index contributed by atoms with van der Waals surface area (Å²) < 4.78 is 26.7. The van der Waals surface area contributed by atoms with Crippen LogP contribution in [0.2, 0.25) is 0 Å². The van der Waals surface area contributed by atoms with Crippen molar-refractivity contribution in [3.05, 3.63) is 52.3 Å². The van der Waals surface area contributed by atoms with E-state index < -0.39 is 9.84 Å². The fourth-order valence-corrected chi connectivity index (χ4v) is 4.01. The van der Waals surface area contributed by atoms with Crippen LogP contribution in [0.5, 0.6) is 0 Å². The van der Waals surface area contributed by atoms with Crippen molar-refractivity contribution in [3.63, 3.8) is 0 Å². The molecular weight excluding hydrogens is 386 g/mol. The third-order valence-electron chi connectivity index (χ3n) is 3.82. The van der Waals surface area contributed by atoms with Crippen LogP contribution in [0.15, 0.2) is 50.8 Å². The molecule has 0 fully saturated rings. The minimum Gasteiger partial charge on any atom is -0.259 e. The molecular formula is C19H24BrNO2S. The highest BCUT2D eigenvalue weighted by molar-refractivity contribution is 9.10. The Balaban J connectivity index is 2.66. The molecule has 0 spiro atoms. The van der Waals surface area contributed by atoms with E-state index in [0.29, 0.717) is 0 Å². The lowest BCUT2D eigenvalue weighted by Crippen LogP contribution is -2.24. The van der Waals surface area contributed by atoms with E-state index in [1.54, 1.807) is 30.3 Å². The zero-order valence-corrected chi connectivity index (χ0v) is 17.4. The van der Waals surface area contributed by atoms with Crippen molar-refractivity contribution < 1.29 is 8.42 Å². The van der Waals surface area contributed by atoms with Gasteiger partial charge in [-0.25, -0.2) is 8.42 Å². The number of pyridine rings is 1. The molecule has 0 unspecified atom stereocenters. The Morgan fingerprint density at radius 3 is 1.88 bits per heavy atom. The van der Waals surface area contributed by atoms with E-state index >= 15 is 0 Å². The fourth-order valence-electron chi connectivity index (χ4n) is 2.51. The van der Waals surface area contributed by atoms with Crippen LogP contribution in [0, 0.1) is 0 Å². The van der Waals surface area contributed by atoms with Crippen LogP contribution >= 0.6 is 15.9 Å². The molecule has 0 saturated carbocycles. The van der Waals surface area contributed by atoms with Gasteiger partial charge in [-0.05, 0) is 41.3 Å². The summed E-state index contributed by atoms with van der Waals surface area (Å²) in [5, 5.41) is 0. The second-order valence-electron chi connectivity index (χ2n) is 8.02. The smallest absolute Gasteiger partial charge is 0.208 e. The topological polar surface area (TPSA) is 47.0 Å². The quantitative estimate of drug-likeness (QED) is 0.678. The largest absolute Gasteiger partial charge is 0.259 e. The lowest BCUT2D eigenvalue weighted by Gasteiger charge is -2.29. The molecule has 3 nitrogen and oxygen atoms in total. The van der Waals surface area contributed by atoms with Gasteiger partial charge in [-0.15, -0.1) is 0 Å². The molecule has 0 saturated heterocycles. The van der Waals surface area contributed by atoms with E-state index in [0.717, 1.165) is 15.7 Å². The van der Waals surface area contributed by atoms with E-state index in [2.05, 4.69) is 62.5 Å². The molecule has 0 atom stereocenters. The van der Waals surface area contributed by atoms with Gasteiger partial charge in [-0.3, -0.25) is 4.98 Å². The number of sulfone groups is 1. The maximum Gasteiger partial charge on any atom is 0.208 e. The molecule has 0 bridgehead atoms. The predicted molar refractivity (Wildman–Crippen MR) is 101 cm³/mol. The SMILES string of the molecule is CC(C)(C)c1cc(S(=O)(=O)c2ccc(Br)cc2)cnc1C(C)(C)C. The highest BCUT2D eigenvalue weighted by Crippen LogP contribution is 2.34. The molecule has 0 radical (unpaired) electrons. The van der Waals surface area contributed by atoms with E-state index in [4.69, 9.17) is 0 Å². The van der Waals surface area contributed by atoms with Gasteiger partial charge in [0, 0.05) is 21.8 Å². The molecule has 1 aromatic carbocycles. The summed E-state index contributed by atoms with van der Waals surface area (Å²) in [5.41, 5.74) is 1.56. The molecule has 2 rings (SSSR count). The normalized spacial score (nSPS) is 13.1. The van der Waals surface area contributed by atoms with Gasteiger partial charge >= 0.3 is 0 Å². The van der Waals surface area contributed by atoms with Gasteiger partial charge in [0.05, 0.1) is 9.79 Å². The lowest BCUT2D eigenvalue weighted by molar-refractivity contribution is 0.510. The maximum atomic E-state index is 12.9. The van der Waals surface area contributed by atoms with Crippen molar-refractivity contribution in [3.8, 4) is 0 Å². The number of aromatic nitrogens is 1. The molecule has 0 N–H and O–H groups in total. The van der Waals surface area contributed by atoms with Gasteiger partial charge in [0.15, 0.2) is 0 Å². The van der Waals surface area contributed by atoms with E-state index in [9.17, 15) is 8.42 Å².